The molecular weight excluding hydrogens is 318 g/mol. The summed E-state index contributed by atoms with van der Waals surface area (Å²) in [5.41, 5.74) is 1.15. The number of aliphatic carboxylic acids is 1. The number of nitrogens with one attached hydrogen (secondary N) is 1. The lowest BCUT2D eigenvalue weighted by atomic mass is 9.96. The van der Waals surface area contributed by atoms with Crippen LogP contribution in [0.1, 0.15) is 60.0 Å². The number of nitrogens with zero attached hydrogens (tertiary/aromatic N) is 2. The number of amides is 1. The van der Waals surface area contributed by atoms with Gasteiger partial charge in [0.05, 0.1) is 23.7 Å². The average Bonchev–Trinajstić information content (AvgIpc) is 3.13. The Morgan fingerprint density at radius 3 is 2.60 bits per heavy atom. The molecule has 6 nitrogen and oxygen atoms in total. The molecule has 1 saturated carbocycles. The first kappa shape index (κ1) is 17.2. The van der Waals surface area contributed by atoms with Gasteiger partial charge >= 0.3 is 5.97 Å². The van der Waals surface area contributed by atoms with Crippen LogP contribution in [0.15, 0.2) is 42.7 Å². The van der Waals surface area contributed by atoms with Crippen molar-refractivity contribution in [3.63, 3.8) is 0 Å². The summed E-state index contributed by atoms with van der Waals surface area (Å²) in [7, 11) is 0. The van der Waals surface area contributed by atoms with Crippen molar-refractivity contribution in [3.05, 3.63) is 53.9 Å². The highest BCUT2D eigenvalue weighted by atomic mass is 16.4. The molecule has 0 saturated heterocycles. The molecule has 2 aromatic rings. The molecule has 1 aliphatic carbocycles. The van der Waals surface area contributed by atoms with E-state index in [2.05, 4.69) is 10.4 Å². The number of benzene rings is 1. The van der Waals surface area contributed by atoms with Gasteiger partial charge < -0.3 is 10.4 Å². The SMILES string of the molecule is O=C(NC[C@@H](C(=O)O)c1ccccc1)c1cnn(C2CCCCC2)c1. The van der Waals surface area contributed by atoms with Crippen molar-refractivity contribution in [2.24, 2.45) is 0 Å². The summed E-state index contributed by atoms with van der Waals surface area (Å²) in [5.74, 6) is -2.01. The molecule has 2 N–H and O–H groups in total. The molecule has 1 aromatic heterocycles. The quantitative estimate of drug-likeness (QED) is 0.846. The fourth-order valence-corrected chi connectivity index (χ4v) is 3.33. The molecule has 1 amide bonds. The van der Waals surface area contributed by atoms with E-state index in [1.165, 1.54) is 19.3 Å². The summed E-state index contributed by atoms with van der Waals surface area (Å²) in [4.78, 5) is 23.8. The molecule has 6 heteroatoms. The van der Waals surface area contributed by atoms with E-state index in [4.69, 9.17) is 0 Å². The topological polar surface area (TPSA) is 84.2 Å². The van der Waals surface area contributed by atoms with Gasteiger partial charge in [0.15, 0.2) is 0 Å². The van der Waals surface area contributed by atoms with E-state index in [-0.39, 0.29) is 12.5 Å². The smallest absolute Gasteiger partial charge is 0.312 e. The Kier molecular flexibility index (Phi) is 5.48. The maximum absolute atomic E-state index is 12.3. The predicted octanol–water partition coefficient (Wildman–Crippen LogP) is 2.99. The van der Waals surface area contributed by atoms with Crippen LogP contribution in [-0.4, -0.2) is 33.3 Å². The first-order chi connectivity index (χ1) is 12.1. The molecule has 0 unspecified atom stereocenters. The van der Waals surface area contributed by atoms with Crippen LogP contribution in [0.25, 0.3) is 0 Å². The predicted molar refractivity (Wildman–Crippen MR) is 93.5 cm³/mol. The van der Waals surface area contributed by atoms with E-state index >= 15 is 0 Å². The Balaban J connectivity index is 1.61. The maximum Gasteiger partial charge on any atom is 0.312 e. The third-order valence-corrected chi connectivity index (χ3v) is 4.78. The lowest BCUT2D eigenvalue weighted by Gasteiger charge is -2.21. The Bertz CT molecular complexity index is 721. The second-order valence-corrected chi connectivity index (χ2v) is 6.51. The zero-order valence-electron chi connectivity index (χ0n) is 14.1. The van der Waals surface area contributed by atoms with Crippen LogP contribution in [0.5, 0.6) is 0 Å². The summed E-state index contributed by atoms with van der Waals surface area (Å²) in [6.45, 7) is 0.0484. The zero-order chi connectivity index (χ0) is 17.6. The first-order valence-electron chi connectivity index (χ1n) is 8.75. The van der Waals surface area contributed by atoms with E-state index in [1.807, 2.05) is 10.7 Å². The standard InChI is InChI=1S/C19H23N3O3/c23-18(15-11-21-22(13-15)16-9-5-2-6-10-16)20-12-17(19(24)25)14-7-3-1-4-8-14/h1,3-4,7-8,11,13,16-17H,2,5-6,9-10,12H2,(H,20,23)(H,24,25)/t17-/m1/s1. The largest absolute Gasteiger partial charge is 0.481 e. The van der Waals surface area contributed by atoms with Crippen LogP contribution in [0.3, 0.4) is 0 Å². The number of carbonyl (C=O) groups excluding carboxylic acids is 1. The monoisotopic (exact) mass is 341 g/mol. The van der Waals surface area contributed by atoms with Gasteiger partial charge in [-0.05, 0) is 18.4 Å². The highest BCUT2D eigenvalue weighted by molar-refractivity contribution is 5.94. The van der Waals surface area contributed by atoms with Gasteiger partial charge in [-0.1, -0.05) is 49.6 Å². The molecule has 1 aliphatic rings. The average molecular weight is 341 g/mol. The molecular formula is C19H23N3O3. The van der Waals surface area contributed by atoms with Crippen molar-refractivity contribution >= 4 is 11.9 Å². The Labute approximate surface area is 146 Å². The third kappa shape index (κ3) is 4.26. The van der Waals surface area contributed by atoms with Crippen LogP contribution in [0, 0.1) is 0 Å². The number of aromatic nitrogens is 2. The molecule has 3 rings (SSSR count). The van der Waals surface area contributed by atoms with Crippen LogP contribution >= 0.6 is 0 Å². The van der Waals surface area contributed by atoms with Gasteiger partial charge in [0.2, 0.25) is 0 Å². The molecule has 0 bridgehead atoms. The number of hydrogen-bond donors (Lipinski definition) is 2. The van der Waals surface area contributed by atoms with Gasteiger partial charge in [-0.2, -0.15) is 5.10 Å². The number of hydrogen-bond acceptors (Lipinski definition) is 3. The highest BCUT2D eigenvalue weighted by Gasteiger charge is 2.22. The second-order valence-electron chi connectivity index (χ2n) is 6.51. The minimum absolute atomic E-state index is 0.0484. The van der Waals surface area contributed by atoms with E-state index in [9.17, 15) is 14.7 Å². The molecule has 132 valence electrons. The Morgan fingerprint density at radius 2 is 1.92 bits per heavy atom. The summed E-state index contributed by atoms with van der Waals surface area (Å²) in [5, 5.41) is 16.5. The van der Waals surface area contributed by atoms with Crippen LogP contribution in [0.4, 0.5) is 0 Å². The van der Waals surface area contributed by atoms with E-state index in [0.717, 1.165) is 12.8 Å². The number of carbonyl (C=O) groups is 2. The second kappa shape index (κ2) is 7.96. The molecule has 1 atom stereocenters. The van der Waals surface area contributed by atoms with E-state index in [0.29, 0.717) is 17.2 Å². The van der Waals surface area contributed by atoms with E-state index in [1.54, 1.807) is 36.7 Å². The van der Waals surface area contributed by atoms with Crippen LogP contribution < -0.4 is 5.32 Å². The van der Waals surface area contributed by atoms with Crippen molar-refractivity contribution < 1.29 is 14.7 Å². The first-order valence-corrected chi connectivity index (χ1v) is 8.75. The van der Waals surface area contributed by atoms with Gasteiger partial charge in [0, 0.05) is 12.7 Å². The molecule has 25 heavy (non-hydrogen) atoms. The zero-order valence-corrected chi connectivity index (χ0v) is 14.1. The summed E-state index contributed by atoms with van der Waals surface area (Å²) in [6.07, 6.45) is 9.18. The summed E-state index contributed by atoms with van der Waals surface area (Å²) >= 11 is 0. The lowest BCUT2D eigenvalue weighted by Crippen LogP contribution is -2.31. The molecule has 0 spiro atoms. The fourth-order valence-electron chi connectivity index (χ4n) is 3.33. The van der Waals surface area contributed by atoms with Crippen molar-refractivity contribution in [1.29, 1.82) is 0 Å². The Morgan fingerprint density at radius 1 is 1.20 bits per heavy atom. The minimum Gasteiger partial charge on any atom is -0.481 e. The molecule has 0 aliphatic heterocycles. The fraction of sp³-hybridized carbons (Fsp3) is 0.421. The molecule has 0 radical (unpaired) electrons. The van der Waals surface area contributed by atoms with Crippen molar-refractivity contribution in [2.45, 2.75) is 44.1 Å². The summed E-state index contributed by atoms with van der Waals surface area (Å²) < 4.78 is 1.87. The minimum atomic E-state index is -0.954. The highest BCUT2D eigenvalue weighted by Crippen LogP contribution is 2.27. The number of rotatable bonds is 6. The normalized spacial score (nSPS) is 16.3. The van der Waals surface area contributed by atoms with Gasteiger partial charge in [0.1, 0.15) is 0 Å². The molecule has 1 fully saturated rings. The van der Waals surface area contributed by atoms with Crippen molar-refractivity contribution in [3.8, 4) is 0 Å². The third-order valence-electron chi connectivity index (χ3n) is 4.78. The van der Waals surface area contributed by atoms with Gasteiger partial charge in [-0.25, -0.2) is 0 Å². The van der Waals surface area contributed by atoms with Gasteiger partial charge in [-0.3, -0.25) is 14.3 Å². The lowest BCUT2D eigenvalue weighted by molar-refractivity contribution is -0.138. The molecule has 1 heterocycles. The van der Waals surface area contributed by atoms with Gasteiger partial charge in [0.25, 0.3) is 5.91 Å². The van der Waals surface area contributed by atoms with Gasteiger partial charge in [-0.15, -0.1) is 0 Å². The van der Waals surface area contributed by atoms with Crippen molar-refractivity contribution in [2.75, 3.05) is 6.54 Å². The maximum atomic E-state index is 12.3. The number of carboxylic acids is 1. The summed E-state index contributed by atoms with van der Waals surface area (Å²) in [6, 6.07) is 9.30. The van der Waals surface area contributed by atoms with E-state index < -0.39 is 11.9 Å². The van der Waals surface area contributed by atoms with Crippen LogP contribution in [0.2, 0.25) is 0 Å². The number of carboxylic acid groups (broad SMARTS) is 1. The van der Waals surface area contributed by atoms with Crippen molar-refractivity contribution in [1.82, 2.24) is 15.1 Å². The van der Waals surface area contributed by atoms with Crippen LogP contribution in [-0.2, 0) is 4.79 Å². The Hall–Kier alpha value is -2.63. The molecule has 1 aromatic carbocycles.